The number of hydrogen-bond donors (Lipinski definition) is 0. The first-order valence-electron chi connectivity index (χ1n) is 15.1. The largest absolute Gasteiger partial charge is 0.371 e. The van der Waals surface area contributed by atoms with Crippen LogP contribution in [-0.4, -0.2) is 18.0 Å². The van der Waals surface area contributed by atoms with Crippen molar-refractivity contribution in [3.8, 4) is 0 Å². The lowest BCUT2D eigenvalue weighted by Crippen LogP contribution is -2.27. The number of benzene rings is 4. The molecule has 2 aliphatic carbocycles. The fraction of sp³-hybridized carbons (Fsp3) is 0.316. The van der Waals surface area contributed by atoms with Crippen LogP contribution >= 0.6 is 0 Å². The molecule has 0 amide bonds. The first kappa shape index (κ1) is 25.7. The van der Waals surface area contributed by atoms with E-state index in [1.807, 2.05) is 0 Å². The predicted octanol–water partition coefficient (Wildman–Crippen LogP) is 9.62. The third-order valence-electron chi connectivity index (χ3n) is 8.71. The summed E-state index contributed by atoms with van der Waals surface area (Å²) in [5.41, 5.74) is 10.4. The van der Waals surface area contributed by atoms with Crippen molar-refractivity contribution in [2.75, 3.05) is 13.1 Å². The average molecular weight is 512 g/mol. The fourth-order valence-electron chi connectivity index (χ4n) is 6.24. The van der Waals surface area contributed by atoms with Gasteiger partial charge in [0.15, 0.2) is 0 Å². The van der Waals surface area contributed by atoms with Crippen LogP contribution < -0.4 is 0 Å². The lowest BCUT2D eigenvalue weighted by Gasteiger charge is -2.30. The van der Waals surface area contributed by atoms with Gasteiger partial charge in [0.25, 0.3) is 0 Å². The Hall–Kier alpha value is -3.58. The van der Waals surface area contributed by atoms with E-state index >= 15 is 0 Å². The quantitative estimate of drug-likeness (QED) is 0.183. The summed E-state index contributed by atoms with van der Waals surface area (Å²) < 4.78 is 0. The molecule has 1 nitrogen and oxygen atoms in total. The molecule has 0 N–H and O–H groups in total. The molecule has 2 aliphatic rings. The highest BCUT2D eigenvalue weighted by atomic mass is 15.1. The summed E-state index contributed by atoms with van der Waals surface area (Å²) in [6, 6.07) is 42.8. The molecule has 0 unspecified atom stereocenters. The molecule has 0 bridgehead atoms. The van der Waals surface area contributed by atoms with Crippen molar-refractivity contribution in [3.05, 3.63) is 149 Å². The summed E-state index contributed by atoms with van der Waals surface area (Å²) in [4.78, 5) is 2.73. The van der Waals surface area contributed by atoms with E-state index in [-0.39, 0.29) is 0 Å². The maximum Gasteiger partial charge on any atom is 0.0431 e. The van der Waals surface area contributed by atoms with Crippen LogP contribution in [0.5, 0.6) is 0 Å². The van der Waals surface area contributed by atoms with Crippen LogP contribution in [0.1, 0.15) is 84.6 Å². The molecule has 0 aliphatic heterocycles. The summed E-state index contributed by atoms with van der Waals surface area (Å²) >= 11 is 0. The first-order chi connectivity index (χ1) is 19.3. The molecule has 2 saturated carbocycles. The molecular weight excluding hydrogens is 470 g/mol. The number of nitrogens with zero attached hydrogens (tertiary/aromatic N) is 1. The van der Waals surface area contributed by atoms with Crippen molar-refractivity contribution < 1.29 is 0 Å². The maximum absolute atomic E-state index is 2.73. The number of allylic oxidation sites excluding steroid dienone is 1. The topological polar surface area (TPSA) is 3.24 Å². The van der Waals surface area contributed by atoms with Crippen LogP contribution in [0.2, 0.25) is 0 Å². The maximum atomic E-state index is 2.73. The van der Waals surface area contributed by atoms with Crippen molar-refractivity contribution >= 4 is 5.70 Å². The van der Waals surface area contributed by atoms with Crippen molar-refractivity contribution in [1.82, 2.24) is 4.90 Å². The Morgan fingerprint density at radius 3 is 1.92 bits per heavy atom. The van der Waals surface area contributed by atoms with Gasteiger partial charge in [-0.25, -0.2) is 0 Å². The summed E-state index contributed by atoms with van der Waals surface area (Å²) in [7, 11) is 0. The lowest BCUT2D eigenvalue weighted by molar-refractivity contribution is 0.373. The Balaban J connectivity index is 1.22. The van der Waals surface area contributed by atoms with E-state index in [4.69, 9.17) is 0 Å². The van der Waals surface area contributed by atoms with Gasteiger partial charge in [0.05, 0.1) is 0 Å². The Bertz CT molecular complexity index is 1310. The van der Waals surface area contributed by atoms with Crippen molar-refractivity contribution in [2.24, 2.45) is 0 Å². The van der Waals surface area contributed by atoms with Crippen LogP contribution in [-0.2, 0) is 6.42 Å². The molecule has 1 heteroatoms. The third kappa shape index (κ3) is 6.53. The van der Waals surface area contributed by atoms with Gasteiger partial charge in [-0.3, -0.25) is 0 Å². The molecule has 6 rings (SSSR count). The lowest BCUT2D eigenvalue weighted by atomic mass is 9.79. The molecule has 39 heavy (non-hydrogen) atoms. The molecule has 0 atom stereocenters. The van der Waals surface area contributed by atoms with Gasteiger partial charge in [-0.1, -0.05) is 122 Å². The highest BCUT2D eigenvalue weighted by Crippen LogP contribution is 2.40. The van der Waals surface area contributed by atoms with E-state index in [0.29, 0.717) is 5.92 Å². The molecule has 0 heterocycles. The molecule has 0 radical (unpaired) electrons. The van der Waals surface area contributed by atoms with E-state index in [2.05, 4.69) is 120 Å². The second kappa shape index (κ2) is 12.5. The van der Waals surface area contributed by atoms with Gasteiger partial charge in [-0.05, 0) is 84.3 Å². The minimum Gasteiger partial charge on any atom is -0.371 e. The summed E-state index contributed by atoms with van der Waals surface area (Å²) in [6.45, 7) is 2.15. The molecule has 198 valence electrons. The zero-order chi connectivity index (χ0) is 26.3. The SMILES string of the molecule is c1ccc(C(=C2CC2)N(CCCc2cccc(C3CCC3)c2)CCC(c2ccccc2)c2ccccc2)cc1. The third-order valence-corrected chi connectivity index (χ3v) is 8.71. The molecular formula is C38H41N. The number of aryl methyl sites for hydroxylation is 1. The minimum atomic E-state index is 0.398. The average Bonchev–Trinajstić information content (AvgIpc) is 3.79. The van der Waals surface area contributed by atoms with Crippen LogP contribution in [0.15, 0.2) is 121 Å². The van der Waals surface area contributed by atoms with Gasteiger partial charge in [0.1, 0.15) is 0 Å². The van der Waals surface area contributed by atoms with Crippen LogP contribution in [0.4, 0.5) is 0 Å². The van der Waals surface area contributed by atoms with Crippen LogP contribution in [0.25, 0.3) is 5.70 Å². The summed E-state index contributed by atoms with van der Waals surface area (Å²) in [5, 5.41) is 0. The minimum absolute atomic E-state index is 0.398. The molecule has 0 spiro atoms. The molecule has 0 aromatic heterocycles. The predicted molar refractivity (Wildman–Crippen MR) is 165 cm³/mol. The van der Waals surface area contributed by atoms with Crippen molar-refractivity contribution in [3.63, 3.8) is 0 Å². The highest BCUT2D eigenvalue weighted by Gasteiger charge is 2.25. The van der Waals surface area contributed by atoms with E-state index < -0.39 is 0 Å². The second-order valence-electron chi connectivity index (χ2n) is 11.4. The Morgan fingerprint density at radius 1 is 0.692 bits per heavy atom. The number of rotatable bonds is 12. The van der Waals surface area contributed by atoms with Gasteiger partial charge < -0.3 is 4.90 Å². The second-order valence-corrected chi connectivity index (χ2v) is 11.4. The van der Waals surface area contributed by atoms with E-state index in [1.165, 1.54) is 66.5 Å². The smallest absolute Gasteiger partial charge is 0.0431 e. The van der Waals surface area contributed by atoms with Crippen molar-refractivity contribution in [2.45, 2.75) is 63.2 Å². The van der Waals surface area contributed by atoms with Crippen molar-refractivity contribution in [1.29, 1.82) is 0 Å². The normalized spacial score (nSPS) is 14.7. The summed E-state index contributed by atoms with van der Waals surface area (Å²) in [6.07, 6.45) is 10.1. The zero-order valence-corrected chi connectivity index (χ0v) is 23.1. The fourth-order valence-corrected chi connectivity index (χ4v) is 6.24. The monoisotopic (exact) mass is 511 g/mol. The molecule has 2 fully saturated rings. The van der Waals surface area contributed by atoms with Gasteiger partial charge in [-0.2, -0.15) is 0 Å². The van der Waals surface area contributed by atoms with Gasteiger partial charge in [0, 0.05) is 24.7 Å². The molecule has 4 aromatic carbocycles. The first-order valence-corrected chi connectivity index (χ1v) is 15.1. The van der Waals surface area contributed by atoms with Gasteiger partial charge >= 0.3 is 0 Å². The molecule has 4 aromatic rings. The Morgan fingerprint density at radius 2 is 1.33 bits per heavy atom. The zero-order valence-electron chi connectivity index (χ0n) is 23.1. The van der Waals surface area contributed by atoms with Gasteiger partial charge in [-0.15, -0.1) is 0 Å². The number of hydrogen-bond acceptors (Lipinski definition) is 1. The molecule has 0 saturated heterocycles. The Kier molecular flexibility index (Phi) is 8.24. The standard InChI is InChI=1S/C38H41N/c1-4-15-32(16-5-1)37(33-17-6-2-7-18-33)26-28-39(38(35-24-25-35)34-19-8-3-9-20-34)27-12-14-30-13-10-23-36(29-30)31-21-11-22-31/h1-10,13,15-20,23,29,31,37H,11-12,14,21-22,24-28H2. The van der Waals surface area contributed by atoms with E-state index in [0.717, 1.165) is 31.8 Å². The highest BCUT2D eigenvalue weighted by molar-refractivity contribution is 5.70. The van der Waals surface area contributed by atoms with Gasteiger partial charge in [0.2, 0.25) is 0 Å². The Labute approximate surface area is 235 Å². The van der Waals surface area contributed by atoms with Crippen LogP contribution in [0.3, 0.4) is 0 Å². The van der Waals surface area contributed by atoms with E-state index in [1.54, 1.807) is 11.1 Å². The summed E-state index contributed by atoms with van der Waals surface area (Å²) in [5.74, 6) is 1.20. The van der Waals surface area contributed by atoms with E-state index in [9.17, 15) is 0 Å². The van der Waals surface area contributed by atoms with Crippen LogP contribution in [0, 0.1) is 0 Å².